The molecular weight excluding hydrogens is 616 g/mol. The van der Waals surface area contributed by atoms with Crippen LogP contribution in [0.5, 0.6) is 11.5 Å². The molecule has 3 aliphatic heterocycles. The second kappa shape index (κ2) is 11.8. The molecule has 3 aliphatic rings. The number of methoxy groups -OCH3 is 2. The third kappa shape index (κ3) is 5.08. The quantitative estimate of drug-likeness (QED) is 0.210. The van der Waals surface area contributed by atoms with Crippen molar-refractivity contribution in [1.82, 2.24) is 15.0 Å². The van der Waals surface area contributed by atoms with Crippen molar-refractivity contribution in [2.24, 2.45) is 11.8 Å². The maximum Gasteiger partial charge on any atom is 0.265 e. The summed E-state index contributed by atoms with van der Waals surface area (Å²) >= 11 is 0. The van der Waals surface area contributed by atoms with Crippen LogP contribution in [-0.4, -0.2) is 51.9 Å². The Morgan fingerprint density at radius 3 is 2.39 bits per heavy atom. The minimum absolute atomic E-state index is 0.0368. The number of aliphatic hydroxyl groups is 1. The number of rotatable bonds is 9. The Labute approximate surface area is 288 Å². The molecule has 1 saturated heterocycles. The van der Waals surface area contributed by atoms with E-state index in [0.717, 1.165) is 39.3 Å². The number of aryl methyl sites for hydroxylation is 1. The maximum atomic E-state index is 15.1. The summed E-state index contributed by atoms with van der Waals surface area (Å²) in [6, 6.07) is 21.7. The van der Waals surface area contributed by atoms with Crippen molar-refractivity contribution < 1.29 is 24.1 Å². The largest absolute Gasteiger partial charge is 0.497 e. The summed E-state index contributed by atoms with van der Waals surface area (Å²) in [4.78, 5) is 17.1. The fraction of sp³-hybridized carbons (Fsp3) is 0.425. The molecule has 0 unspecified atom stereocenters. The number of allylic oxidation sites excluding steroid dienone is 1. The highest BCUT2D eigenvalue weighted by Gasteiger charge is 2.68. The van der Waals surface area contributed by atoms with Gasteiger partial charge in [0.05, 0.1) is 37.7 Å². The number of aromatic nitrogens is 3. The summed E-state index contributed by atoms with van der Waals surface area (Å²) in [6.45, 7) is 13.4. The van der Waals surface area contributed by atoms with Gasteiger partial charge in [-0.2, -0.15) is 0 Å². The lowest BCUT2D eigenvalue weighted by atomic mass is 9.63. The van der Waals surface area contributed by atoms with Crippen molar-refractivity contribution in [3.63, 3.8) is 0 Å². The lowest BCUT2D eigenvalue weighted by Gasteiger charge is -2.40. The third-order valence-corrected chi connectivity index (χ3v) is 11.2. The van der Waals surface area contributed by atoms with E-state index in [1.807, 2.05) is 59.5 Å². The predicted molar refractivity (Wildman–Crippen MR) is 189 cm³/mol. The number of aliphatic hydroxyl groups excluding tert-OH is 1. The number of hydrogen-bond donors (Lipinski definition) is 1. The molecule has 7 rings (SSSR count). The summed E-state index contributed by atoms with van der Waals surface area (Å²) < 4.78 is 20.4. The zero-order valence-electron chi connectivity index (χ0n) is 29.6. The van der Waals surface area contributed by atoms with Crippen molar-refractivity contribution in [1.29, 1.82) is 0 Å². The normalized spacial score (nSPS) is 24.6. The summed E-state index contributed by atoms with van der Waals surface area (Å²) in [6.07, 6.45) is 3.35. The lowest BCUT2D eigenvalue weighted by molar-refractivity contribution is -0.146. The zero-order chi connectivity index (χ0) is 34.9. The number of ether oxygens (including phenoxy) is 3. The molecule has 0 aliphatic carbocycles. The monoisotopic (exact) mass is 662 g/mol. The molecule has 1 aromatic heterocycles. The molecule has 9 nitrogen and oxygen atoms in total. The van der Waals surface area contributed by atoms with Gasteiger partial charge in [0.1, 0.15) is 23.3 Å². The Bertz CT molecular complexity index is 1910. The van der Waals surface area contributed by atoms with Gasteiger partial charge in [0, 0.05) is 29.5 Å². The van der Waals surface area contributed by atoms with Crippen LogP contribution in [0.25, 0.3) is 5.57 Å². The molecule has 49 heavy (non-hydrogen) atoms. The Morgan fingerprint density at radius 2 is 1.71 bits per heavy atom. The van der Waals surface area contributed by atoms with Gasteiger partial charge >= 0.3 is 0 Å². The second-order valence-electron chi connectivity index (χ2n) is 14.9. The Kier molecular flexibility index (Phi) is 7.99. The van der Waals surface area contributed by atoms with Crippen molar-refractivity contribution in [3.05, 3.63) is 107 Å². The number of carbonyl (C=O) groups excluding carboxylic acids is 1. The minimum atomic E-state index is -1.22. The van der Waals surface area contributed by atoms with Gasteiger partial charge in [0.2, 0.25) is 0 Å². The number of anilines is 1. The molecule has 9 heteroatoms. The molecule has 4 aromatic rings. The molecule has 4 heterocycles. The summed E-state index contributed by atoms with van der Waals surface area (Å²) in [5, 5.41) is 19.7. The van der Waals surface area contributed by atoms with Crippen molar-refractivity contribution in [2.75, 3.05) is 19.1 Å². The number of carbonyl (C=O) groups is 1. The first-order valence-electron chi connectivity index (χ1n) is 17.1. The summed E-state index contributed by atoms with van der Waals surface area (Å²) in [5.41, 5.74) is 4.12. The van der Waals surface area contributed by atoms with E-state index in [0.29, 0.717) is 24.4 Å². The number of hydrogen-bond acceptors (Lipinski definition) is 7. The van der Waals surface area contributed by atoms with Gasteiger partial charge < -0.3 is 19.3 Å². The minimum Gasteiger partial charge on any atom is -0.497 e. The highest BCUT2D eigenvalue weighted by atomic mass is 16.5. The molecule has 0 bridgehead atoms. The fourth-order valence-electron chi connectivity index (χ4n) is 8.86. The molecule has 1 fully saturated rings. The van der Waals surface area contributed by atoms with Gasteiger partial charge in [-0.1, -0.05) is 74.5 Å². The molecule has 1 N–H and O–H groups in total. The van der Waals surface area contributed by atoms with E-state index in [4.69, 9.17) is 14.2 Å². The van der Waals surface area contributed by atoms with E-state index in [2.05, 4.69) is 70.1 Å². The maximum absolute atomic E-state index is 15.1. The third-order valence-electron chi connectivity index (χ3n) is 11.2. The van der Waals surface area contributed by atoms with Crippen molar-refractivity contribution >= 4 is 17.2 Å². The van der Waals surface area contributed by atoms with Crippen LogP contribution in [0.1, 0.15) is 82.0 Å². The van der Waals surface area contributed by atoms with Gasteiger partial charge in [0.25, 0.3) is 5.91 Å². The van der Waals surface area contributed by atoms with Gasteiger partial charge in [-0.25, -0.2) is 0 Å². The molecule has 1 amide bonds. The van der Waals surface area contributed by atoms with Crippen LogP contribution in [0.3, 0.4) is 0 Å². The highest BCUT2D eigenvalue weighted by molar-refractivity contribution is 6.12. The van der Waals surface area contributed by atoms with Crippen molar-refractivity contribution in [2.45, 2.75) is 83.3 Å². The SMILES string of the molecule is COc1ccc(C(C)(C)[C@H]2[C@H](CCn3cc([C@H](O)c4ccccc4)nn3)O[C@@]3(C(=O)N4c5c(cc(OC)cc53)C(C)=CC4(C)C)[C@@H]2C)cc1. The molecule has 1 spiro atoms. The molecular formula is C40H46N4O5. The van der Waals surface area contributed by atoms with E-state index < -0.39 is 22.7 Å². The molecule has 0 radical (unpaired) electrons. The average molecular weight is 663 g/mol. The Morgan fingerprint density at radius 1 is 1.02 bits per heavy atom. The van der Waals surface area contributed by atoms with Crippen LogP contribution in [0.2, 0.25) is 0 Å². The van der Waals surface area contributed by atoms with Crippen LogP contribution in [-0.2, 0) is 27.1 Å². The van der Waals surface area contributed by atoms with E-state index in [9.17, 15) is 5.11 Å². The predicted octanol–water partition coefficient (Wildman–Crippen LogP) is 6.83. The topological polar surface area (TPSA) is 98.9 Å². The number of nitrogens with zero attached hydrogens (tertiary/aromatic N) is 4. The van der Waals surface area contributed by atoms with Gasteiger partial charge in [0.15, 0.2) is 5.60 Å². The first-order valence-corrected chi connectivity index (χ1v) is 17.1. The molecule has 3 aromatic carbocycles. The first-order chi connectivity index (χ1) is 23.3. The fourth-order valence-corrected chi connectivity index (χ4v) is 8.86. The van der Waals surface area contributed by atoms with Crippen LogP contribution >= 0.6 is 0 Å². The number of amides is 1. The van der Waals surface area contributed by atoms with E-state index in [-0.39, 0.29) is 23.8 Å². The number of benzene rings is 3. The van der Waals surface area contributed by atoms with Gasteiger partial charge in [-0.3, -0.25) is 14.4 Å². The molecule has 0 saturated carbocycles. The van der Waals surface area contributed by atoms with Crippen LogP contribution in [0, 0.1) is 11.8 Å². The Balaban J connectivity index is 1.30. The van der Waals surface area contributed by atoms with Crippen LogP contribution < -0.4 is 14.4 Å². The van der Waals surface area contributed by atoms with Crippen molar-refractivity contribution in [3.8, 4) is 11.5 Å². The van der Waals surface area contributed by atoms with Crippen LogP contribution in [0.4, 0.5) is 5.69 Å². The highest BCUT2D eigenvalue weighted by Crippen LogP contribution is 2.63. The smallest absolute Gasteiger partial charge is 0.265 e. The van der Waals surface area contributed by atoms with Crippen LogP contribution in [0.15, 0.2) is 79.0 Å². The lowest BCUT2D eigenvalue weighted by Crippen LogP contribution is -2.53. The van der Waals surface area contributed by atoms with Gasteiger partial charge in [-0.15, -0.1) is 5.10 Å². The van der Waals surface area contributed by atoms with E-state index in [1.54, 1.807) is 25.1 Å². The van der Waals surface area contributed by atoms with E-state index >= 15 is 4.79 Å². The molecule has 256 valence electrons. The average Bonchev–Trinajstić information content (AvgIpc) is 3.76. The second-order valence-corrected chi connectivity index (χ2v) is 14.9. The van der Waals surface area contributed by atoms with Gasteiger partial charge in [-0.05, 0) is 73.6 Å². The standard InChI is InChI=1S/C40H46N4O5/c1-24-22-38(3,4)44-35-30(24)20-29(48-8)21-31(35)40(37(44)46)25(2)34(39(5,6)27-14-16-28(47-7)17-15-27)33(49-40)18-19-43-23-32(41-42-43)36(45)26-12-10-9-11-13-26/h9-17,20-23,25,33-34,36,45H,18-19H2,1-8H3/t25-,33+,34-,36-,40+/m1/s1. The summed E-state index contributed by atoms with van der Waals surface area (Å²) in [7, 11) is 3.34. The zero-order valence-corrected chi connectivity index (χ0v) is 29.6. The molecule has 5 atom stereocenters. The Hall–Kier alpha value is -4.47. The van der Waals surface area contributed by atoms with E-state index in [1.165, 1.54) is 0 Å². The number of fused-ring (bicyclic) bond motifs is 1. The summed E-state index contributed by atoms with van der Waals surface area (Å²) in [5.74, 6) is 1.19. The first kappa shape index (κ1) is 33.0.